The van der Waals surface area contributed by atoms with Crippen molar-refractivity contribution in [1.29, 1.82) is 0 Å². The first kappa shape index (κ1) is 22.9. The summed E-state index contributed by atoms with van der Waals surface area (Å²) >= 11 is 5.98. The molecule has 1 aliphatic heterocycles. The van der Waals surface area contributed by atoms with Crippen molar-refractivity contribution in [2.75, 3.05) is 11.4 Å². The summed E-state index contributed by atoms with van der Waals surface area (Å²) in [4.78, 5) is 33.7. The molecule has 2 aromatic carbocycles. The van der Waals surface area contributed by atoms with Crippen molar-refractivity contribution in [3.05, 3.63) is 52.8 Å². The fraction of sp³-hybridized carbons (Fsp3) is 0.318. The number of alkyl halides is 3. The predicted octanol–water partition coefficient (Wildman–Crippen LogP) is 5.12. The number of carbonyl (C=O) groups excluding carboxylic acids is 2. The number of halogens is 4. The van der Waals surface area contributed by atoms with Gasteiger partial charge in [-0.25, -0.2) is 4.98 Å². The number of anilines is 1. The van der Waals surface area contributed by atoms with Crippen LogP contribution in [0.2, 0.25) is 5.02 Å². The van der Waals surface area contributed by atoms with Crippen LogP contribution >= 0.6 is 11.6 Å². The molecule has 1 unspecified atom stereocenters. The number of aromatic amines is 1. The minimum absolute atomic E-state index is 0.0178. The molecule has 11 heteroatoms. The molecule has 0 aliphatic carbocycles. The first-order valence-corrected chi connectivity index (χ1v) is 10.6. The SMILES string of the molecule is CC(NC(=O)c1ccc(N2CCCCC2=O)c(OC(F)(F)F)c1)c1nc2ccc(Cl)cc2[nH]1. The van der Waals surface area contributed by atoms with Gasteiger partial charge < -0.3 is 19.9 Å². The molecule has 4 rings (SSSR count). The second-order valence-corrected chi connectivity index (χ2v) is 8.15. The van der Waals surface area contributed by atoms with E-state index < -0.39 is 24.1 Å². The van der Waals surface area contributed by atoms with E-state index in [1.807, 2.05) is 0 Å². The van der Waals surface area contributed by atoms with Crippen molar-refractivity contribution < 1.29 is 27.5 Å². The van der Waals surface area contributed by atoms with Crippen molar-refractivity contribution in [1.82, 2.24) is 15.3 Å². The number of aromatic nitrogens is 2. The molecule has 1 aromatic heterocycles. The van der Waals surface area contributed by atoms with Crippen LogP contribution in [-0.4, -0.2) is 34.7 Å². The largest absolute Gasteiger partial charge is 0.573 e. The Hall–Kier alpha value is -3.27. The van der Waals surface area contributed by atoms with Crippen LogP contribution in [0.15, 0.2) is 36.4 Å². The Bertz CT molecular complexity index is 1210. The fourth-order valence-corrected chi connectivity index (χ4v) is 3.87. The highest BCUT2D eigenvalue weighted by atomic mass is 35.5. The molecule has 0 radical (unpaired) electrons. The van der Waals surface area contributed by atoms with Crippen LogP contribution in [-0.2, 0) is 4.79 Å². The van der Waals surface area contributed by atoms with Gasteiger partial charge in [-0.05, 0) is 56.2 Å². The van der Waals surface area contributed by atoms with Gasteiger partial charge in [-0.3, -0.25) is 9.59 Å². The van der Waals surface area contributed by atoms with Crippen LogP contribution in [0.5, 0.6) is 5.75 Å². The van der Waals surface area contributed by atoms with Crippen LogP contribution in [0, 0.1) is 0 Å². The van der Waals surface area contributed by atoms with Crippen molar-refractivity contribution >= 4 is 40.1 Å². The maximum Gasteiger partial charge on any atom is 0.573 e. The lowest BCUT2D eigenvalue weighted by Crippen LogP contribution is -2.36. The van der Waals surface area contributed by atoms with E-state index >= 15 is 0 Å². The number of amides is 2. The average molecular weight is 481 g/mol. The van der Waals surface area contributed by atoms with Crippen LogP contribution in [0.3, 0.4) is 0 Å². The summed E-state index contributed by atoms with van der Waals surface area (Å²) in [5.41, 5.74) is 1.28. The minimum atomic E-state index is -4.98. The minimum Gasteiger partial charge on any atom is -0.404 e. The number of imidazole rings is 1. The molecule has 2 heterocycles. The fourth-order valence-electron chi connectivity index (χ4n) is 3.70. The highest BCUT2D eigenvalue weighted by molar-refractivity contribution is 6.31. The summed E-state index contributed by atoms with van der Waals surface area (Å²) in [6, 6.07) is 8.20. The first-order valence-electron chi connectivity index (χ1n) is 10.3. The van der Waals surface area contributed by atoms with Crippen LogP contribution in [0.25, 0.3) is 11.0 Å². The summed E-state index contributed by atoms with van der Waals surface area (Å²) < 4.78 is 43.3. The van der Waals surface area contributed by atoms with Gasteiger partial charge in [0.15, 0.2) is 5.75 Å². The van der Waals surface area contributed by atoms with E-state index in [4.69, 9.17) is 11.6 Å². The number of benzene rings is 2. The standard InChI is InChI=1S/C22H20ClF3N4O3/c1-12(20-28-15-7-6-14(23)11-16(15)29-20)27-21(32)13-5-8-17(18(10-13)33-22(24,25)26)30-9-3-2-4-19(30)31/h5-8,10-12H,2-4,9H2,1H3,(H,27,32)(H,28,29). The molecule has 1 aliphatic rings. The lowest BCUT2D eigenvalue weighted by molar-refractivity contribution is -0.274. The summed E-state index contributed by atoms with van der Waals surface area (Å²) in [5.74, 6) is -1.05. The Kier molecular flexibility index (Phi) is 6.20. The van der Waals surface area contributed by atoms with E-state index in [0.717, 1.165) is 6.07 Å². The second-order valence-electron chi connectivity index (χ2n) is 7.71. The molecule has 2 N–H and O–H groups in total. The number of nitrogens with one attached hydrogen (secondary N) is 2. The molecule has 1 atom stereocenters. The maximum atomic E-state index is 13.0. The van der Waals surface area contributed by atoms with Gasteiger partial charge in [-0.2, -0.15) is 0 Å². The highest BCUT2D eigenvalue weighted by Crippen LogP contribution is 2.36. The number of carbonyl (C=O) groups is 2. The summed E-state index contributed by atoms with van der Waals surface area (Å²) in [6.45, 7) is 1.97. The van der Waals surface area contributed by atoms with Crippen molar-refractivity contribution in [2.24, 2.45) is 0 Å². The molecule has 3 aromatic rings. The lowest BCUT2D eigenvalue weighted by atomic mass is 10.1. The molecule has 1 saturated heterocycles. The number of fused-ring (bicyclic) bond motifs is 1. The quantitative estimate of drug-likeness (QED) is 0.530. The van der Waals surface area contributed by atoms with E-state index in [0.29, 0.717) is 34.7 Å². The van der Waals surface area contributed by atoms with Gasteiger partial charge in [0.05, 0.1) is 22.8 Å². The number of hydrogen-bond donors (Lipinski definition) is 2. The van der Waals surface area contributed by atoms with Crippen molar-refractivity contribution in [3.8, 4) is 5.75 Å². The Morgan fingerprint density at radius 3 is 2.76 bits per heavy atom. The Morgan fingerprint density at radius 2 is 2.03 bits per heavy atom. The average Bonchev–Trinajstić information content (AvgIpc) is 3.16. The van der Waals surface area contributed by atoms with Crippen LogP contribution in [0.1, 0.15) is 48.4 Å². The van der Waals surface area contributed by atoms with E-state index in [2.05, 4.69) is 20.0 Å². The van der Waals surface area contributed by atoms with Crippen LogP contribution in [0.4, 0.5) is 18.9 Å². The number of ether oxygens (including phenoxy) is 1. The Morgan fingerprint density at radius 1 is 1.24 bits per heavy atom. The highest BCUT2D eigenvalue weighted by Gasteiger charge is 2.34. The number of hydrogen-bond acceptors (Lipinski definition) is 4. The smallest absolute Gasteiger partial charge is 0.404 e. The Balaban J connectivity index is 1.58. The molecule has 0 saturated carbocycles. The predicted molar refractivity (Wildman–Crippen MR) is 116 cm³/mol. The molecular formula is C22H20ClF3N4O3. The third-order valence-electron chi connectivity index (χ3n) is 5.28. The van der Waals surface area contributed by atoms with Gasteiger partial charge in [0.25, 0.3) is 5.91 Å². The summed E-state index contributed by atoms with van der Waals surface area (Å²) in [6.07, 6.45) is -3.39. The van der Waals surface area contributed by atoms with Crippen molar-refractivity contribution in [3.63, 3.8) is 0 Å². The number of rotatable bonds is 5. The summed E-state index contributed by atoms with van der Waals surface area (Å²) in [7, 11) is 0. The van der Waals surface area contributed by atoms with E-state index in [1.54, 1.807) is 25.1 Å². The number of piperidine rings is 1. The van der Waals surface area contributed by atoms with Gasteiger partial charge in [0.1, 0.15) is 5.82 Å². The lowest BCUT2D eigenvalue weighted by Gasteiger charge is -2.28. The van der Waals surface area contributed by atoms with Gasteiger partial charge in [0, 0.05) is 23.6 Å². The molecule has 2 amide bonds. The number of nitrogens with zero attached hydrogens (tertiary/aromatic N) is 2. The third kappa shape index (κ3) is 5.22. The first-order chi connectivity index (χ1) is 15.6. The molecule has 7 nitrogen and oxygen atoms in total. The monoisotopic (exact) mass is 480 g/mol. The zero-order chi connectivity index (χ0) is 23.8. The molecule has 174 valence electrons. The molecule has 33 heavy (non-hydrogen) atoms. The third-order valence-corrected chi connectivity index (χ3v) is 5.52. The van der Waals surface area contributed by atoms with E-state index in [1.165, 1.54) is 17.0 Å². The summed E-state index contributed by atoms with van der Waals surface area (Å²) in [5, 5.41) is 3.23. The number of H-pyrrole nitrogens is 1. The molecular weight excluding hydrogens is 461 g/mol. The zero-order valence-corrected chi connectivity index (χ0v) is 18.3. The second kappa shape index (κ2) is 8.93. The van der Waals surface area contributed by atoms with E-state index in [-0.39, 0.29) is 30.1 Å². The van der Waals surface area contributed by atoms with Crippen molar-refractivity contribution in [2.45, 2.75) is 38.6 Å². The van der Waals surface area contributed by atoms with Gasteiger partial charge in [-0.15, -0.1) is 13.2 Å². The van der Waals surface area contributed by atoms with Gasteiger partial charge in [0.2, 0.25) is 5.91 Å². The van der Waals surface area contributed by atoms with Gasteiger partial charge in [-0.1, -0.05) is 11.6 Å². The molecule has 1 fully saturated rings. The molecule has 0 spiro atoms. The topological polar surface area (TPSA) is 87.3 Å². The van der Waals surface area contributed by atoms with Crippen LogP contribution < -0.4 is 15.0 Å². The van der Waals surface area contributed by atoms with Gasteiger partial charge >= 0.3 is 6.36 Å². The Labute approximate surface area is 191 Å². The normalized spacial score (nSPS) is 15.5. The molecule has 0 bridgehead atoms. The van der Waals surface area contributed by atoms with E-state index in [9.17, 15) is 22.8 Å². The maximum absolute atomic E-state index is 13.0. The zero-order valence-electron chi connectivity index (χ0n) is 17.5.